The lowest BCUT2D eigenvalue weighted by molar-refractivity contribution is 0.275. The van der Waals surface area contributed by atoms with Crippen LogP contribution in [0.1, 0.15) is 12.1 Å². The molecule has 0 atom stereocenters. The van der Waals surface area contributed by atoms with E-state index in [1.807, 2.05) is 23.2 Å². The smallest absolute Gasteiger partial charge is 0.313 e. The summed E-state index contributed by atoms with van der Waals surface area (Å²) in [5.74, 6) is 0. The molecule has 3 heterocycles. The number of hydrogen-bond acceptors (Lipinski definition) is 6. The van der Waals surface area contributed by atoms with Crippen LogP contribution in [0.15, 0.2) is 45.1 Å². The van der Waals surface area contributed by atoms with Crippen LogP contribution in [-0.4, -0.2) is 58.8 Å². The molecule has 2 N–H and O–H groups in total. The highest BCUT2D eigenvalue weighted by molar-refractivity contribution is 7.89. The molecule has 2 aromatic heterocycles. The van der Waals surface area contributed by atoms with E-state index in [-0.39, 0.29) is 6.54 Å². The number of sulfonamides is 1. The Morgan fingerprint density at radius 1 is 1.12 bits per heavy atom. The SMILES string of the molecule is O=c1[nH]cc(S(=O)(=O)N2CCCN(Cc3ccccn3)CC2)c(=O)[nH]1. The number of hydrogen-bond donors (Lipinski definition) is 2. The summed E-state index contributed by atoms with van der Waals surface area (Å²) in [5, 5.41) is 0. The van der Waals surface area contributed by atoms with Gasteiger partial charge in [0.25, 0.3) is 5.56 Å². The fourth-order valence-electron chi connectivity index (χ4n) is 2.79. The molecule has 2 aromatic rings. The summed E-state index contributed by atoms with van der Waals surface area (Å²) < 4.78 is 26.7. The monoisotopic (exact) mass is 365 g/mol. The Bertz CT molecular complexity index is 938. The number of rotatable bonds is 4. The lowest BCUT2D eigenvalue weighted by Gasteiger charge is -2.21. The Hall–Kier alpha value is -2.30. The van der Waals surface area contributed by atoms with Crippen molar-refractivity contribution in [3.8, 4) is 0 Å². The fraction of sp³-hybridized carbons (Fsp3) is 0.400. The molecule has 10 heteroatoms. The van der Waals surface area contributed by atoms with E-state index >= 15 is 0 Å². The van der Waals surface area contributed by atoms with Gasteiger partial charge in [-0.3, -0.25) is 19.7 Å². The average Bonchev–Trinajstić information content (AvgIpc) is 2.81. The highest BCUT2D eigenvalue weighted by atomic mass is 32.2. The van der Waals surface area contributed by atoms with E-state index in [4.69, 9.17) is 0 Å². The molecule has 0 aliphatic carbocycles. The zero-order valence-electron chi connectivity index (χ0n) is 13.5. The summed E-state index contributed by atoms with van der Waals surface area (Å²) in [7, 11) is -3.95. The summed E-state index contributed by atoms with van der Waals surface area (Å²) >= 11 is 0. The Morgan fingerprint density at radius 3 is 2.68 bits per heavy atom. The van der Waals surface area contributed by atoms with Crippen molar-refractivity contribution in [1.82, 2.24) is 24.2 Å². The predicted octanol–water partition coefficient (Wildman–Crippen LogP) is -0.645. The standard InChI is InChI=1S/C15H19N5O4S/c21-14-13(10-17-15(22)18-14)25(23,24)20-7-3-6-19(8-9-20)11-12-4-1-2-5-16-12/h1-2,4-5,10H,3,6-9,11H2,(H2,17,18,21,22). The summed E-state index contributed by atoms with van der Waals surface area (Å²) in [5.41, 5.74) is -0.712. The molecule has 0 unspecified atom stereocenters. The van der Waals surface area contributed by atoms with E-state index < -0.39 is 26.2 Å². The number of aromatic nitrogens is 3. The lowest BCUT2D eigenvalue weighted by Crippen LogP contribution is -2.38. The van der Waals surface area contributed by atoms with Gasteiger partial charge in [-0.05, 0) is 25.1 Å². The summed E-state index contributed by atoms with van der Waals surface area (Å²) in [6, 6.07) is 5.70. The number of pyridine rings is 1. The molecule has 1 saturated heterocycles. The van der Waals surface area contributed by atoms with E-state index in [2.05, 4.69) is 14.9 Å². The summed E-state index contributed by atoms with van der Waals surface area (Å²) in [6.07, 6.45) is 3.33. The topological polar surface area (TPSA) is 119 Å². The Morgan fingerprint density at radius 2 is 1.96 bits per heavy atom. The van der Waals surface area contributed by atoms with E-state index in [9.17, 15) is 18.0 Å². The van der Waals surface area contributed by atoms with Gasteiger partial charge in [0.2, 0.25) is 10.0 Å². The maximum atomic E-state index is 12.7. The number of H-pyrrole nitrogens is 2. The van der Waals surface area contributed by atoms with Gasteiger partial charge in [0.15, 0.2) is 4.90 Å². The van der Waals surface area contributed by atoms with Crippen molar-refractivity contribution < 1.29 is 8.42 Å². The molecule has 3 rings (SSSR count). The van der Waals surface area contributed by atoms with Crippen LogP contribution in [0.5, 0.6) is 0 Å². The van der Waals surface area contributed by atoms with Gasteiger partial charge in [0, 0.05) is 38.6 Å². The fourth-order valence-corrected chi connectivity index (χ4v) is 4.26. The molecule has 25 heavy (non-hydrogen) atoms. The van der Waals surface area contributed by atoms with E-state index in [0.717, 1.165) is 18.4 Å². The molecule has 0 saturated carbocycles. The van der Waals surface area contributed by atoms with Gasteiger partial charge in [-0.15, -0.1) is 0 Å². The minimum atomic E-state index is -3.95. The second kappa shape index (κ2) is 7.30. The van der Waals surface area contributed by atoms with Gasteiger partial charge in [-0.1, -0.05) is 6.07 Å². The molecule has 0 spiro atoms. The van der Waals surface area contributed by atoms with E-state index in [1.165, 1.54) is 4.31 Å². The molecule has 1 fully saturated rings. The first-order valence-corrected chi connectivity index (χ1v) is 9.35. The zero-order valence-corrected chi connectivity index (χ0v) is 14.3. The minimum absolute atomic E-state index is 0.272. The van der Waals surface area contributed by atoms with Gasteiger partial charge in [-0.2, -0.15) is 4.31 Å². The predicted molar refractivity (Wildman–Crippen MR) is 90.6 cm³/mol. The van der Waals surface area contributed by atoms with Crippen LogP contribution in [0.4, 0.5) is 0 Å². The van der Waals surface area contributed by atoms with Crippen molar-refractivity contribution >= 4 is 10.0 Å². The first-order valence-electron chi connectivity index (χ1n) is 7.91. The third-order valence-electron chi connectivity index (χ3n) is 4.06. The van der Waals surface area contributed by atoms with Gasteiger partial charge in [-0.25, -0.2) is 13.2 Å². The average molecular weight is 365 g/mol. The molecule has 134 valence electrons. The van der Waals surface area contributed by atoms with Crippen LogP contribution in [0, 0.1) is 0 Å². The van der Waals surface area contributed by atoms with Crippen LogP contribution in [0.3, 0.4) is 0 Å². The van der Waals surface area contributed by atoms with E-state index in [1.54, 1.807) is 6.20 Å². The summed E-state index contributed by atoms with van der Waals surface area (Å²) in [6.45, 7) is 2.52. The van der Waals surface area contributed by atoms with Crippen molar-refractivity contribution in [2.45, 2.75) is 17.9 Å². The summed E-state index contributed by atoms with van der Waals surface area (Å²) in [4.78, 5) is 33.0. The molecule has 0 radical (unpaired) electrons. The second-order valence-electron chi connectivity index (χ2n) is 5.79. The van der Waals surface area contributed by atoms with Crippen LogP contribution < -0.4 is 11.2 Å². The maximum Gasteiger partial charge on any atom is 0.325 e. The van der Waals surface area contributed by atoms with Crippen LogP contribution >= 0.6 is 0 Å². The molecule has 0 aromatic carbocycles. The van der Waals surface area contributed by atoms with Crippen molar-refractivity contribution in [3.05, 3.63) is 57.1 Å². The molecule has 9 nitrogen and oxygen atoms in total. The number of aromatic amines is 2. The molecule has 0 bridgehead atoms. The first kappa shape index (κ1) is 17.5. The van der Waals surface area contributed by atoms with Crippen molar-refractivity contribution in [1.29, 1.82) is 0 Å². The van der Waals surface area contributed by atoms with Crippen molar-refractivity contribution in [2.75, 3.05) is 26.2 Å². The zero-order chi connectivity index (χ0) is 17.9. The Labute approximate surface area is 144 Å². The van der Waals surface area contributed by atoms with Gasteiger partial charge in [0.1, 0.15) is 0 Å². The molecular weight excluding hydrogens is 346 g/mol. The van der Waals surface area contributed by atoms with Crippen LogP contribution in [0.2, 0.25) is 0 Å². The minimum Gasteiger partial charge on any atom is -0.313 e. The molecule has 0 amide bonds. The lowest BCUT2D eigenvalue weighted by atomic mass is 10.3. The van der Waals surface area contributed by atoms with Gasteiger partial charge < -0.3 is 4.98 Å². The third kappa shape index (κ3) is 4.03. The largest absolute Gasteiger partial charge is 0.325 e. The van der Waals surface area contributed by atoms with E-state index in [0.29, 0.717) is 26.1 Å². The highest BCUT2D eigenvalue weighted by Gasteiger charge is 2.29. The second-order valence-corrected chi connectivity index (χ2v) is 7.70. The number of nitrogens with zero attached hydrogens (tertiary/aromatic N) is 3. The quantitative estimate of drug-likeness (QED) is 0.743. The Kier molecular flexibility index (Phi) is 5.11. The molecule has 1 aliphatic heterocycles. The van der Waals surface area contributed by atoms with Crippen molar-refractivity contribution in [2.24, 2.45) is 0 Å². The van der Waals surface area contributed by atoms with Gasteiger partial charge >= 0.3 is 5.69 Å². The highest BCUT2D eigenvalue weighted by Crippen LogP contribution is 2.14. The Balaban J connectivity index is 1.74. The normalized spacial score (nSPS) is 17.3. The van der Waals surface area contributed by atoms with Crippen LogP contribution in [0.25, 0.3) is 0 Å². The van der Waals surface area contributed by atoms with Crippen molar-refractivity contribution in [3.63, 3.8) is 0 Å². The third-order valence-corrected chi connectivity index (χ3v) is 5.97. The molecule has 1 aliphatic rings. The molecular formula is C15H19N5O4S. The number of nitrogens with one attached hydrogen (secondary N) is 2. The van der Waals surface area contributed by atoms with Gasteiger partial charge in [0.05, 0.1) is 5.69 Å². The first-order chi connectivity index (χ1) is 12.0. The maximum absolute atomic E-state index is 12.7. The van der Waals surface area contributed by atoms with Crippen LogP contribution in [-0.2, 0) is 16.6 Å².